The minimum absolute atomic E-state index is 0.0650. The summed E-state index contributed by atoms with van der Waals surface area (Å²) >= 11 is 0. The van der Waals surface area contributed by atoms with E-state index in [-0.39, 0.29) is 5.56 Å². The molecule has 8 heteroatoms. The Hall–Kier alpha value is -2.48. The molecule has 24 heavy (non-hydrogen) atoms. The van der Waals surface area contributed by atoms with Gasteiger partial charge in [0.05, 0.1) is 17.2 Å². The molecule has 1 atom stereocenters. The Morgan fingerprint density at radius 2 is 1.83 bits per heavy atom. The van der Waals surface area contributed by atoms with E-state index in [1.165, 1.54) is 6.07 Å². The summed E-state index contributed by atoms with van der Waals surface area (Å²) < 4.78 is 64.3. The maximum Gasteiger partial charge on any atom is 0.416 e. The van der Waals surface area contributed by atoms with E-state index in [1.54, 1.807) is 0 Å². The minimum atomic E-state index is -4.57. The molecule has 0 aliphatic heterocycles. The number of hydrogen-bond donors (Lipinski definition) is 2. The number of alkyl halides is 3. The van der Waals surface area contributed by atoms with Crippen LogP contribution in [0.3, 0.4) is 0 Å². The summed E-state index contributed by atoms with van der Waals surface area (Å²) in [6.45, 7) is -0.462. The Balaban J connectivity index is 2.06. The molecule has 0 saturated carbocycles. The van der Waals surface area contributed by atoms with E-state index in [4.69, 9.17) is 0 Å². The van der Waals surface area contributed by atoms with Gasteiger partial charge in [0.1, 0.15) is 11.6 Å². The molecule has 0 heterocycles. The number of nitrogens with one attached hydrogen (secondary N) is 1. The highest BCUT2D eigenvalue weighted by atomic mass is 19.4. The van der Waals surface area contributed by atoms with Gasteiger partial charge in [-0.2, -0.15) is 13.2 Å². The first-order chi connectivity index (χ1) is 11.2. The van der Waals surface area contributed by atoms with Crippen molar-refractivity contribution in [2.75, 3.05) is 6.54 Å². The molecule has 3 nitrogen and oxygen atoms in total. The molecule has 0 bridgehead atoms. The van der Waals surface area contributed by atoms with E-state index >= 15 is 0 Å². The number of amides is 1. The van der Waals surface area contributed by atoms with Gasteiger partial charge in [-0.05, 0) is 35.9 Å². The van der Waals surface area contributed by atoms with Crippen LogP contribution in [-0.2, 0) is 6.18 Å². The van der Waals surface area contributed by atoms with Crippen molar-refractivity contribution in [1.82, 2.24) is 5.32 Å². The van der Waals surface area contributed by atoms with Crippen molar-refractivity contribution >= 4 is 5.91 Å². The maximum atomic E-state index is 13.4. The van der Waals surface area contributed by atoms with Crippen LogP contribution in [0.4, 0.5) is 22.0 Å². The molecule has 0 radical (unpaired) electrons. The molecule has 0 saturated heterocycles. The summed E-state index contributed by atoms with van der Waals surface area (Å²) in [4.78, 5) is 11.8. The van der Waals surface area contributed by atoms with Crippen LogP contribution in [0, 0.1) is 11.6 Å². The molecule has 1 unspecified atom stereocenters. The van der Waals surface area contributed by atoms with Crippen molar-refractivity contribution in [3.05, 3.63) is 70.8 Å². The summed E-state index contributed by atoms with van der Waals surface area (Å²) in [5, 5.41) is 12.0. The smallest absolute Gasteiger partial charge is 0.387 e. The average Bonchev–Trinajstić information content (AvgIpc) is 2.54. The second kappa shape index (κ2) is 6.96. The molecule has 0 aliphatic carbocycles. The quantitative estimate of drug-likeness (QED) is 0.834. The monoisotopic (exact) mass is 345 g/mol. The lowest BCUT2D eigenvalue weighted by molar-refractivity contribution is -0.137. The van der Waals surface area contributed by atoms with Crippen LogP contribution in [0.15, 0.2) is 42.5 Å². The fraction of sp³-hybridized carbons (Fsp3) is 0.188. The Labute approximate surface area is 133 Å². The zero-order valence-corrected chi connectivity index (χ0v) is 12.1. The summed E-state index contributed by atoms with van der Waals surface area (Å²) in [6.07, 6.45) is -6.00. The van der Waals surface area contributed by atoms with Crippen LogP contribution in [0.25, 0.3) is 0 Å². The zero-order chi connectivity index (χ0) is 17.9. The van der Waals surface area contributed by atoms with E-state index in [0.717, 1.165) is 30.3 Å². The van der Waals surface area contributed by atoms with Crippen molar-refractivity contribution in [2.45, 2.75) is 12.3 Å². The largest absolute Gasteiger partial charge is 0.416 e. The Morgan fingerprint density at radius 1 is 1.12 bits per heavy atom. The van der Waals surface area contributed by atoms with Gasteiger partial charge in [0.25, 0.3) is 5.91 Å². The molecule has 0 fully saturated rings. The van der Waals surface area contributed by atoms with Crippen molar-refractivity contribution in [3.8, 4) is 0 Å². The SMILES string of the molecule is O=C(NCC(O)c1cccc(C(F)(F)F)c1)c1cc(F)ccc1F. The molecule has 0 aromatic heterocycles. The predicted molar refractivity (Wildman–Crippen MR) is 75.1 cm³/mol. The second-order valence-electron chi connectivity index (χ2n) is 4.97. The maximum absolute atomic E-state index is 13.4. The van der Waals surface area contributed by atoms with Gasteiger partial charge < -0.3 is 10.4 Å². The molecule has 0 aliphatic rings. The van der Waals surface area contributed by atoms with Crippen LogP contribution in [-0.4, -0.2) is 17.6 Å². The number of carbonyl (C=O) groups excluding carboxylic acids is 1. The first-order valence-electron chi connectivity index (χ1n) is 6.77. The second-order valence-corrected chi connectivity index (χ2v) is 4.97. The van der Waals surface area contributed by atoms with Gasteiger partial charge >= 0.3 is 6.18 Å². The van der Waals surface area contributed by atoms with Crippen LogP contribution in [0.5, 0.6) is 0 Å². The molecule has 2 N–H and O–H groups in total. The molecule has 2 rings (SSSR count). The van der Waals surface area contributed by atoms with E-state index in [1.807, 2.05) is 0 Å². The highest BCUT2D eigenvalue weighted by Gasteiger charge is 2.30. The summed E-state index contributed by atoms with van der Waals surface area (Å²) in [5.41, 5.74) is -1.57. The molecule has 2 aromatic rings. The van der Waals surface area contributed by atoms with Crippen LogP contribution in [0.2, 0.25) is 0 Å². The van der Waals surface area contributed by atoms with Crippen LogP contribution in [0.1, 0.15) is 27.6 Å². The highest BCUT2D eigenvalue weighted by molar-refractivity contribution is 5.94. The zero-order valence-electron chi connectivity index (χ0n) is 12.1. The van der Waals surface area contributed by atoms with Gasteiger partial charge in [-0.1, -0.05) is 12.1 Å². The lowest BCUT2D eigenvalue weighted by atomic mass is 10.1. The van der Waals surface area contributed by atoms with Crippen LogP contribution >= 0.6 is 0 Å². The predicted octanol–water partition coefficient (Wildman–Crippen LogP) is 3.45. The van der Waals surface area contributed by atoms with E-state index in [0.29, 0.717) is 6.07 Å². The highest BCUT2D eigenvalue weighted by Crippen LogP contribution is 2.30. The summed E-state index contributed by atoms with van der Waals surface area (Å²) in [5.74, 6) is -2.76. The van der Waals surface area contributed by atoms with Crippen molar-refractivity contribution in [2.24, 2.45) is 0 Å². The standard InChI is InChI=1S/C16H12F5NO2/c17-11-4-5-13(18)12(7-11)15(24)22-8-14(23)9-2-1-3-10(6-9)16(19,20)21/h1-7,14,23H,8H2,(H,22,24). The Morgan fingerprint density at radius 3 is 2.50 bits per heavy atom. The number of carbonyl (C=O) groups is 1. The Kier molecular flexibility index (Phi) is 5.18. The van der Waals surface area contributed by atoms with E-state index in [9.17, 15) is 31.9 Å². The van der Waals surface area contributed by atoms with Gasteiger partial charge in [0.15, 0.2) is 0 Å². The van der Waals surface area contributed by atoms with E-state index < -0.39 is 47.5 Å². The van der Waals surface area contributed by atoms with Gasteiger partial charge in [-0.15, -0.1) is 0 Å². The van der Waals surface area contributed by atoms with Crippen molar-refractivity contribution in [1.29, 1.82) is 0 Å². The number of halogens is 5. The van der Waals surface area contributed by atoms with Gasteiger partial charge in [-0.3, -0.25) is 4.79 Å². The fourth-order valence-corrected chi connectivity index (χ4v) is 2.00. The first-order valence-corrected chi connectivity index (χ1v) is 6.77. The Bertz CT molecular complexity index is 745. The topological polar surface area (TPSA) is 49.3 Å². The fourth-order valence-electron chi connectivity index (χ4n) is 2.00. The number of rotatable bonds is 4. The third-order valence-electron chi connectivity index (χ3n) is 3.23. The molecule has 2 aromatic carbocycles. The molecule has 1 amide bonds. The van der Waals surface area contributed by atoms with Gasteiger partial charge in [0.2, 0.25) is 0 Å². The first kappa shape index (κ1) is 17.9. The number of aliphatic hydroxyl groups excluding tert-OH is 1. The molecular weight excluding hydrogens is 333 g/mol. The summed E-state index contributed by atoms with van der Waals surface area (Å²) in [7, 11) is 0. The average molecular weight is 345 g/mol. The lowest BCUT2D eigenvalue weighted by Gasteiger charge is -2.14. The lowest BCUT2D eigenvalue weighted by Crippen LogP contribution is -2.29. The third kappa shape index (κ3) is 4.29. The van der Waals surface area contributed by atoms with Crippen molar-refractivity contribution in [3.63, 3.8) is 0 Å². The summed E-state index contributed by atoms with van der Waals surface area (Å²) in [6, 6.07) is 6.26. The normalized spacial score (nSPS) is 12.8. The number of benzene rings is 2. The van der Waals surface area contributed by atoms with Gasteiger partial charge in [-0.25, -0.2) is 8.78 Å². The van der Waals surface area contributed by atoms with E-state index in [2.05, 4.69) is 5.32 Å². The number of aliphatic hydroxyl groups is 1. The van der Waals surface area contributed by atoms with Crippen LogP contribution < -0.4 is 5.32 Å². The number of hydrogen-bond acceptors (Lipinski definition) is 2. The third-order valence-corrected chi connectivity index (χ3v) is 3.23. The minimum Gasteiger partial charge on any atom is -0.387 e. The van der Waals surface area contributed by atoms with Gasteiger partial charge in [0, 0.05) is 6.54 Å². The van der Waals surface area contributed by atoms with Crippen molar-refractivity contribution < 1.29 is 31.9 Å². The molecule has 0 spiro atoms. The molecular formula is C16H12F5NO2. The molecule has 128 valence electrons.